The van der Waals surface area contributed by atoms with E-state index in [1.54, 1.807) is 0 Å². The highest BCUT2D eigenvalue weighted by atomic mass is 127. The van der Waals surface area contributed by atoms with E-state index in [0.29, 0.717) is 6.07 Å². The van der Waals surface area contributed by atoms with Crippen LogP contribution in [0.4, 0.5) is 13.2 Å². The minimum Gasteiger partial charge on any atom is -0.461 e. The third kappa shape index (κ3) is 4.97. The van der Waals surface area contributed by atoms with Gasteiger partial charge in [0.1, 0.15) is 6.61 Å². The fraction of sp³-hybridized carbons (Fsp3) is 0.308. The lowest BCUT2D eigenvalue weighted by Gasteiger charge is -2.11. The van der Waals surface area contributed by atoms with Crippen molar-refractivity contribution in [3.63, 3.8) is 0 Å². The highest BCUT2D eigenvalue weighted by Gasteiger charge is 2.33. The summed E-state index contributed by atoms with van der Waals surface area (Å²) in [6, 6.07) is 2.55. The van der Waals surface area contributed by atoms with Gasteiger partial charge in [-0.2, -0.15) is 13.2 Å². The molecule has 0 aromatic heterocycles. The van der Waals surface area contributed by atoms with E-state index in [0.717, 1.165) is 12.1 Å². The van der Waals surface area contributed by atoms with Crippen molar-refractivity contribution in [1.82, 2.24) is 0 Å². The fourth-order valence-electron chi connectivity index (χ4n) is 1.40. The second-order valence-electron chi connectivity index (χ2n) is 4.37. The standard InChI is InChI=1S/C13H12F3IO4S/c1-8(2)12(18)21-5-6-22(19,20)9-3-4-10(11(17)7-9)13(14,15)16/h3-4,7H,1,5-6H2,2H3. The molecule has 0 amide bonds. The summed E-state index contributed by atoms with van der Waals surface area (Å²) < 4.78 is 66.3. The molecule has 0 radical (unpaired) electrons. The number of hydrogen-bond donors (Lipinski definition) is 0. The first-order valence-electron chi connectivity index (χ1n) is 5.87. The molecule has 0 fully saturated rings. The average Bonchev–Trinajstić information content (AvgIpc) is 2.36. The predicted octanol–water partition coefficient (Wildman–Crippen LogP) is 3.20. The van der Waals surface area contributed by atoms with E-state index in [4.69, 9.17) is 0 Å². The zero-order valence-corrected chi connectivity index (χ0v) is 14.4. The van der Waals surface area contributed by atoms with Gasteiger partial charge in [0.2, 0.25) is 0 Å². The topological polar surface area (TPSA) is 60.4 Å². The van der Waals surface area contributed by atoms with Crippen molar-refractivity contribution < 1.29 is 31.1 Å². The molecule has 0 spiro atoms. The van der Waals surface area contributed by atoms with Gasteiger partial charge in [0, 0.05) is 9.14 Å². The average molecular weight is 448 g/mol. The second-order valence-corrected chi connectivity index (χ2v) is 7.65. The molecule has 0 heterocycles. The van der Waals surface area contributed by atoms with Crippen molar-refractivity contribution in [3.05, 3.63) is 39.5 Å². The highest BCUT2D eigenvalue weighted by Crippen LogP contribution is 2.33. The number of carbonyl (C=O) groups excluding carboxylic acids is 1. The van der Waals surface area contributed by atoms with Crippen LogP contribution in [0.5, 0.6) is 0 Å². The molecule has 0 aliphatic rings. The van der Waals surface area contributed by atoms with Gasteiger partial charge in [-0.15, -0.1) is 0 Å². The molecule has 1 rings (SSSR count). The van der Waals surface area contributed by atoms with Gasteiger partial charge >= 0.3 is 12.1 Å². The molecule has 4 nitrogen and oxygen atoms in total. The van der Waals surface area contributed by atoms with Gasteiger partial charge in [-0.3, -0.25) is 0 Å². The molecule has 9 heteroatoms. The molecular weight excluding hydrogens is 436 g/mol. The Kier molecular flexibility index (Phi) is 6.02. The number of alkyl halides is 3. The molecule has 1 aromatic rings. The number of rotatable bonds is 5. The van der Waals surface area contributed by atoms with E-state index >= 15 is 0 Å². The summed E-state index contributed by atoms with van der Waals surface area (Å²) in [7, 11) is -3.85. The smallest absolute Gasteiger partial charge is 0.417 e. The number of carbonyl (C=O) groups is 1. The van der Waals surface area contributed by atoms with Crippen LogP contribution in [0, 0.1) is 3.57 Å². The Morgan fingerprint density at radius 3 is 2.41 bits per heavy atom. The SMILES string of the molecule is C=C(C)C(=O)OCCS(=O)(=O)c1ccc(C(F)(F)F)c(I)c1. The normalized spacial score (nSPS) is 12.0. The van der Waals surface area contributed by atoms with E-state index in [-0.39, 0.29) is 14.0 Å². The fourth-order valence-corrected chi connectivity index (χ4v) is 3.55. The lowest BCUT2D eigenvalue weighted by Crippen LogP contribution is -2.16. The molecule has 0 N–H and O–H groups in total. The van der Waals surface area contributed by atoms with E-state index in [1.807, 2.05) is 0 Å². The molecule has 0 aliphatic carbocycles. The van der Waals surface area contributed by atoms with Crippen LogP contribution in [0.15, 0.2) is 35.2 Å². The molecule has 0 aliphatic heterocycles. The van der Waals surface area contributed by atoms with Crippen LogP contribution in [0.25, 0.3) is 0 Å². The Bertz CT molecular complexity index is 696. The van der Waals surface area contributed by atoms with Crippen LogP contribution in [-0.4, -0.2) is 26.7 Å². The highest BCUT2D eigenvalue weighted by molar-refractivity contribution is 14.1. The van der Waals surface area contributed by atoms with Gasteiger partial charge in [0.25, 0.3) is 0 Å². The lowest BCUT2D eigenvalue weighted by atomic mass is 10.2. The molecule has 0 bridgehead atoms. The molecule has 122 valence electrons. The largest absolute Gasteiger partial charge is 0.461 e. The van der Waals surface area contributed by atoms with E-state index < -0.39 is 39.9 Å². The summed E-state index contributed by atoms with van der Waals surface area (Å²) in [4.78, 5) is 10.9. The van der Waals surface area contributed by atoms with Crippen LogP contribution in [-0.2, 0) is 25.5 Å². The first kappa shape index (κ1) is 18.9. The van der Waals surface area contributed by atoms with Crippen LogP contribution in [0.2, 0.25) is 0 Å². The summed E-state index contributed by atoms with van der Waals surface area (Å²) >= 11 is 1.43. The first-order valence-corrected chi connectivity index (χ1v) is 8.60. The first-order chi connectivity index (χ1) is 9.95. The number of sulfone groups is 1. The number of esters is 1. The van der Waals surface area contributed by atoms with Crippen molar-refractivity contribution in [3.8, 4) is 0 Å². The van der Waals surface area contributed by atoms with Crippen molar-refractivity contribution in [2.75, 3.05) is 12.4 Å². The third-order valence-electron chi connectivity index (χ3n) is 2.54. The second kappa shape index (κ2) is 6.99. The van der Waals surface area contributed by atoms with Crippen molar-refractivity contribution in [2.24, 2.45) is 0 Å². The molecule has 1 aromatic carbocycles. The Morgan fingerprint density at radius 1 is 1.36 bits per heavy atom. The number of ether oxygens (including phenoxy) is 1. The van der Waals surface area contributed by atoms with Crippen LogP contribution >= 0.6 is 22.6 Å². The predicted molar refractivity (Wildman–Crippen MR) is 82.0 cm³/mol. The quantitative estimate of drug-likeness (QED) is 0.395. The molecule has 0 atom stereocenters. The van der Waals surface area contributed by atoms with Gasteiger partial charge in [0.15, 0.2) is 9.84 Å². The Balaban J connectivity index is 2.88. The van der Waals surface area contributed by atoms with Crippen LogP contribution < -0.4 is 0 Å². The molecule has 22 heavy (non-hydrogen) atoms. The van der Waals surface area contributed by atoms with E-state index in [2.05, 4.69) is 11.3 Å². The van der Waals surface area contributed by atoms with Crippen LogP contribution in [0.1, 0.15) is 12.5 Å². The summed E-state index contributed by atoms with van der Waals surface area (Å²) in [5.41, 5.74) is -0.776. The molecule has 0 unspecified atom stereocenters. The number of benzene rings is 1. The van der Waals surface area contributed by atoms with Crippen molar-refractivity contribution >= 4 is 38.4 Å². The van der Waals surface area contributed by atoms with Gasteiger partial charge in [-0.05, 0) is 47.7 Å². The minimum absolute atomic E-state index is 0.126. The Hall–Kier alpha value is -1.10. The summed E-state index contributed by atoms with van der Waals surface area (Å²) in [6.45, 7) is 4.36. The lowest BCUT2D eigenvalue weighted by molar-refractivity contribution is -0.139. The maximum atomic E-state index is 12.6. The zero-order chi connectivity index (χ0) is 17.1. The van der Waals surface area contributed by atoms with Crippen LogP contribution in [0.3, 0.4) is 0 Å². The monoisotopic (exact) mass is 448 g/mol. The molecule has 0 saturated heterocycles. The third-order valence-corrected chi connectivity index (χ3v) is 5.11. The molecular formula is C13H12F3IO4S. The van der Waals surface area contributed by atoms with E-state index in [9.17, 15) is 26.4 Å². The van der Waals surface area contributed by atoms with E-state index in [1.165, 1.54) is 29.5 Å². The van der Waals surface area contributed by atoms with Gasteiger partial charge in [-0.1, -0.05) is 6.58 Å². The number of hydrogen-bond acceptors (Lipinski definition) is 4. The Labute approximate surface area is 139 Å². The summed E-state index contributed by atoms with van der Waals surface area (Å²) in [5.74, 6) is -1.25. The van der Waals surface area contributed by atoms with Gasteiger partial charge in [0.05, 0.1) is 16.2 Å². The Morgan fingerprint density at radius 2 is 1.95 bits per heavy atom. The number of halogens is 4. The molecule has 0 saturated carbocycles. The summed E-state index contributed by atoms with van der Waals surface area (Å²) in [5, 5.41) is 0. The van der Waals surface area contributed by atoms with Gasteiger partial charge in [-0.25, -0.2) is 13.2 Å². The van der Waals surface area contributed by atoms with Crippen molar-refractivity contribution in [1.29, 1.82) is 0 Å². The summed E-state index contributed by atoms with van der Waals surface area (Å²) in [6.07, 6.45) is -4.55. The minimum atomic E-state index is -4.55. The maximum Gasteiger partial charge on any atom is 0.417 e. The van der Waals surface area contributed by atoms with Crippen molar-refractivity contribution in [2.45, 2.75) is 18.0 Å². The maximum absolute atomic E-state index is 12.6. The van der Waals surface area contributed by atoms with Gasteiger partial charge < -0.3 is 4.74 Å². The zero-order valence-electron chi connectivity index (χ0n) is 11.4.